The lowest BCUT2D eigenvalue weighted by atomic mass is 10.2. The molecule has 1 aliphatic carbocycles. The van der Waals surface area contributed by atoms with Crippen LogP contribution in [0, 0.1) is 0 Å². The number of carbonyl (C=O) groups excluding carboxylic acids is 1. The first-order valence-electron chi connectivity index (χ1n) is 7.91. The molecule has 0 unspecified atom stereocenters. The number of hydrogen-bond donors (Lipinski definition) is 1. The monoisotopic (exact) mass is 331 g/mol. The fourth-order valence-corrected chi connectivity index (χ4v) is 3.42. The van der Waals surface area contributed by atoms with Crippen molar-refractivity contribution in [1.29, 1.82) is 0 Å². The van der Waals surface area contributed by atoms with Crippen LogP contribution < -0.4 is 14.8 Å². The highest BCUT2D eigenvalue weighted by molar-refractivity contribution is 7.12. The van der Waals surface area contributed by atoms with E-state index in [1.807, 2.05) is 35.7 Å². The summed E-state index contributed by atoms with van der Waals surface area (Å²) < 4.78 is 11.5. The van der Waals surface area contributed by atoms with Gasteiger partial charge >= 0.3 is 0 Å². The lowest BCUT2D eigenvalue weighted by Gasteiger charge is -2.16. The summed E-state index contributed by atoms with van der Waals surface area (Å²) in [7, 11) is 1.64. The van der Waals surface area contributed by atoms with Gasteiger partial charge < -0.3 is 14.8 Å². The summed E-state index contributed by atoms with van der Waals surface area (Å²) in [6.07, 6.45) is 5.00. The van der Waals surface area contributed by atoms with Crippen LogP contribution in [0.25, 0.3) is 0 Å². The second-order valence-electron chi connectivity index (χ2n) is 5.67. The zero-order valence-corrected chi connectivity index (χ0v) is 14.0. The van der Waals surface area contributed by atoms with Crippen LogP contribution in [0.2, 0.25) is 0 Å². The van der Waals surface area contributed by atoms with Gasteiger partial charge in [0, 0.05) is 6.54 Å². The molecule has 1 fully saturated rings. The Hall–Kier alpha value is -2.01. The molecular weight excluding hydrogens is 310 g/mol. The summed E-state index contributed by atoms with van der Waals surface area (Å²) in [4.78, 5) is 12.7. The summed E-state index contributed by atoms with van der Waals surface area (Å²) in [6.45, 7) is 0.469. The van der Waals surface area contributed by atoms with Crippen molar-refractivity contribution in [1.82, 2.24) is 5.32 Å². The summed E-state index contributed by atoms with van der Waals surface area (Å²) in [6, 6.07) is 9.53. The van der Waals surface area contributed by atoms with Gasteiger partial charge in [-0.3, -0.25) is 4.79 Å². The lowest BCUT2D eigenvalue weighted by molar-refractivity contribution is 0.0955. The van der Waals surface area contributed by atoms with Gasteiger partial charge in [0.1, 0.15) is 0 Å². The lowest BCUT2D eigenvalue weighted by Crippen LogP contribution is -2.21. The molecule has 0 spiro atoms. The number of amides is 1. The summed E-state index contributed by atoms with van der Waals surface area (Å²) in [5, 5.41) is 4.82. The maximum atomic E-state index is 12.0. The van der Waals surface area contributed by atoms with E-state index in [4.69, 9.17) is 9.47 Å². The molecule has 1 heterocycles. The van der Waals surface area contributed by atoms with Crippen molar-refractivity contribution >= 4 is 17.2 Å². The van der Waals surface area contributed by atoms with Crippen LogP contribution in [-0.2, 0) is 6.54 Å². The van der Waals surface area contributed by atoms with Crippen molar-refractivity contribution in [2.45, 2.75) is 38.3 Å². The van der Waals surface area contributed by atoms with Gasteiger partial charge in [-0.15, -0.1) is 11.3 Å². The van der Waals surface area contributed by atoms with Crippen molar-refractivity contribution in [3.63, 3.8) is 0 Å². The summed E-state index contributed by atoms with van der Waals surface area (Å²) in [5.74, 6) is 1.46. The first-order chi connectivity index (χ1) is 11.3. The van der Waals surface area contributed by atoms with E-state index < -0.39 is 0 Å². The van der Waals surface area contributed by atoms with E-state index in [0.29, 0.717) is 12.6 Å². The van der Waals surface area contributed by atoms with Gasteiger partial charge in [-0.1, -0.05) is 12.1 Å². The van der Waals surface area contributed by atoms with Crippen LogP contribution in [0.5, 0.6) is 11.5 Å². The van der Waals surface area contributed by atoms with Gasteiger partial charge in [-0.05, 0) is 54.8 Å². The average molecular weight is 331 g/mol. The van der Waals surface area contributed by atoms with Gasteiger partial charge in [0.2, 0.25) is 0 Å². The minimum atomic E-state index is -0.0507. The summed E-state index contributed by atoms with van der Waals surface area (Å²) >= 11 is 1.44. The maximum Gasteiger partial charge on any atom is 0.261 e. The Morgan fingerprint density at radius 2 is 2.09 bits per heavy atom. The highest BCUT2D eigenvalue weighted by atomic mass is 32.1. The van der Waals surface area contributed by atoms with E-state index in [1.54, 1.807) is 7.11 Å². The zero-order valence-electron chi connectivity index (χ0n) is 13.2. The van der Waals surface area contributed by atoms with Gasteiger partial charge in [0.25, 0.3) is 5.91 Å². The second-order valence-corrected chi connectivity index (χ2v) is 6.62. The van der Waals surface area contributed by atoms with E-state index in [0.717, 1.165) is 34.8 Å². The van der Waals surface area contributed by atoms with Crippen molar-refractivity contribution in [3.05, 3.63) is 46.2 Å². The van der Waals surface area contributed by atoms with Crippen LogP contribution in [0.15, 0.2) is 35.7 Å². The van der Waals surface area contributed by atoms with Crippen LogP contribution in [0.1, 0.15) is 40.9 Å². The SMILES string of the molecule is COc1cc(CNC(=O)c2cccs2)ccc1OC1CCCC1. The Balaban J connectivity index is 1.62. The summed E-state index contributed by atoms with van der Waals surface area (Å²) in [5.41, 5.74) is 0.991. The normalized spacial score (nSPS) is 14.7. The van der Waals surface area contributed by atoms with E-state index in [9.17, 15) is 4.79 Å². The minimum absolute atomic E-state index is 0.0507. The number of benzene rings is 1. The smallest absolute Gasteiger partial charge is 0.261 e. The molecule has 0 aliphatic heterocycles. The van der Waals surface area contributed by atoms with Crippen LogP contribution in [-0.4, -0.2) is 19.1 Å². The van der Waals surface area contributed by atoms with Gasteiger partial charge in [0.15, 0.2) is 11.5 Å². The predicted molar refractivity (Wildman–Crippen MR) is 91.4 cm³/mol. The largest absolute Gasteiger partial charge is 0.493 e. The molecule has 0 radical (unpaired) electrons. The molecule has 1 saturated carbocycles. The highest BCUT2D eigenvalue weighted by Gasteiger charge is 2.18. The minimum Gasteiger partial charge on any atom is -0.493 e. The third-order valence-corrected chi connectivity index (χ3v) is 4.89. The van der Waals surface area contributed by atoms with Crippen LogP contribution in [0.4, 0.5) is 0 Å². The molecule has 1 aliphatic rings. The molecule has 2 aromatic rings. The van der Waals surface area contributed by atoms with Gasteiger partial charge in [0.05, 0.1) is 18.1 Å². The Morgan fingerprint density at radius 3 is 2.78 bits per heavy atom. The topological polar surface area (TPSA) is 47.6 Å². The molecular formula is C18H21NO3S. The van der Waals surface area contributed by atoms with Crippen LogP contribution >= 0.6 is 11.3 Å². The van der Waals surface area contributed by atoms with E-state index in [1.165, 1.54) is 24.2 Å². The van der Waals surface area contributed by atoms with Crippen molar-refractivity contribution in [3.8, 4) is 11.5 Å². The molecule has 0 atom stereocenters. The number of hydrogen-bond acceptors (Lipinski definition) is 4. The number of methoxy groups -OCH3 is 1. The molecule has 4 nitrogen and oxygen atoms in total. The standard InChI is InChI=1S/C18H21NO3S/c1-21-16-11-13(12-19-18(20)17-7-4-10-23-17)8-9-15(16)22-14-5-2-3-6-14/h4,7-11,14H,2-3,5-6,12H2,1H3,(H,19,20). The zero-order chi connectivity index (χ0) is 16.1. The third kappa shape index (κ3) is 4.05. The maximum absolute atomic E-state index is 12.0. The molecule has 3 rings (SSSR count). The van der Waals surface area contributed by atoms with E-state index in [-0.39, 0.29) is 5.91 Å². The first kappa shape index (κ1) is 15.9. The second kappa shape index (κ2) is 7.51. The van der Waals surface area contributed by atoms with Gasteiger partial charge in [-0.2, -0.15) is 0 Å². The Kier molecular flexibility index (Phi) is 5.18. The molecule has 1 amide bonds. The highest BCUT2D eigenvalue weighted by Crippen LogP contribution is 2.32. The van der Waals surface area contributed by atoms with E-state index in [2.05, 4.69) is 5.32 Å². The van der Waals surface area contributed by atoms with E-state index >= 15 is 0 Å². The molecule has 5 heteroatoms. The Bertz CT molecular complexity index is 648. The van der Waals surface area contributed by atoms with Crippen molar-refractivity contribution in [2.75, 3.05) is 7.11 Å². The number of ether oxygens (including phenoxy) is 2. The quantitative estimate of drug-likeness (QED) is 0.870. The first-order valence-corrected chi connectivity index (χ1v) is 8.79. The molecule has 23 heavy (non-hydrogen) atoms. The van der Waals surface area contributed by atoms with Gasteiger partial charge in [-0.25, -0.2) is 0 Å². The van der Waals surface area contributed by atoms with Crippen molar-refractivity contribution < 1.29 is 14.3 Å². The molecule has 1 N–H and O–H groups in total. The average Bonchev–Trinajstić information content (AvgIpc) is 3.27. The molecule has 0 saturated heterocycles. The fraction of sp³-hybridized carbons (Fsp3) is 0.389. The molecule has 1 aromatic carbocycles. The number of rotatable bonds is 6. The van der Waals surface area contributed by atoms with Crippen molar-refractivity contribution in [2.24, 2.45) is 0 Å². The van der Waals surface area contributed by atoms with Crippen LogP contribution in [0.3, 0.4) is 0 Å². The number of nitrogens with one attached hydrogen (secondary N) is 1. The number of thiophene rings is 1. The Morgan fingerprint density at radius 1 is 1.26 bits per heavy atom. The number of carbonyl (C=O) groups is 1. The molecule has 122 valence electrons. The predicted octanol–water partition coefficient (Wildman–Crippen LogP) is 4.01. The third-order valence-electron chi connectivity index (χ3n) is 4.02. The molecule has 0 bridgehead atoms. The fourth-order valence-electron chi connectivity index (χ4n) is 2.78. The molecule has 1 aromatic heterocycles. The Labute approximate surface area is 140 Å².